The van der Waals surface area contributed by atoms with Gasteiger partial charge in [-0.2, -0.15) is 0 Å². The minimum absolute atomic E-state index is 0. The summed E-state index contributed by atoms with van der Waals surface area (Å²) in [5.74, 6) is -0.955. The molecule has 0 aliphatic carbocycles. The number of rotatable bonds is 4. The molecule has 0 aromatic carbocycles. The number of carboxylic acid groups (broad SMARTS) is 1. The van der Waals surface area contributed by atoms with Crippen LogP contribution in [0.2, 0.25) is 0 Å². The van der Waals surface area contributed by atoms with Crippen molar-refractivity contribution < 1.29 is 9.90 Å². The zero-order valence-electron chi connectivity index (χ0n) is 5.71. The van der Waals surface area contributed by atoms with Crippen molar-refractivity contribution in [1.29, 1.82) is 0 Å². The van der Waals surface area contributed by atoms with Gasteiger partial charge in [0.1, 0.15) is 6.04 Å². The van der Waals surface area contributed by atoms with Crippen LogP contribution in [0.15, 0.2) is 0 Å². The van der Waals surface area contributed by atoms with E-state index >= 15 is 0 Å². The van der Waals surface area contributed by atoms with Gasteiger partial charge in [0.25, 0.3) is 0 Å². The van der Waals surface area contributed by atoms with Gasteiger partial charge in [0, 0.05) is 23.9 Å². The van der Waals surface area contributed by atoms with Gasteiger partial charge in [0.05, 0.1) is 0 Å². The molecule has 10 heavy (non-hydrogen) atoms. The van der Waals surface area contributed by atoms with Gasteiger partial charge in [0.15, 0.2) is 0 Å². The molecule has 4 radical (unpaired) electrons. The maximum atomic E-state index is 10.0. The van der Waals surface area contributed by atoms with Crippen molar-refractivity contribution in [3.8, 4) is 0 Å². The first-order valence-corrected chi connectivity index (χ1v) is 2.87. The predicted octanol–water partition coefficient (Wildman–Crippen LogP) is -1.24. The number of carbonyl (C=O) groups is 1. The van der Waals surface area contributed by atoms with Gasteiger partial charge in [-0.3, -0.25) is 4.79 Å². The third-order valence-corrected chi connectivity index (χ3v) is 1.04. The summed E-state index contributed by atoms with van der Waals surface area (Å²) >= 11 is 0. The summed E-state index contributed by atoms with van der Waals surface area (Å²) in [6.07, 6.45) is 1.14. The third kappa shape index (κ3) is 6.31. The van der Waals surface area contributed by atoms with Gasteiger partial charge < -0.3 is 16.6 Å². The number of hydrogen-bond acceptors (Lipinski definition) is 3. The first kappa shape index (κ1) is 12.8. The summed E-state index contributed by atoms with van der Waals surface area (Å²) < 4.78 is 0. The van der Waals surface area contributed by atoms with E-state index in [2.05, 4.69) is 0 Å². The standard InChI is InChI=1S/C5H12N2O2.Sn/c6-3-1-2-4(7)5(8)9;/h4H,1-3,6-7H2,(H,8,9);/t4-;/m0./s1. The molecule has 0 rings (SSSR count). The first-order valence-electron chi connectivity index (χ1n) is 2.87. The van der Waals surface area contributed by atoms with Crippen LogP contribution >= 0.6 is 0 Å². The van der Waals surface area contributed by atoms with Crippen molar-refractivity contribution >= 4 is 29.9 Å². The second kappa shape index (κ2) is 7.30. The normalized spacial score (nSPS) is 11.8. The average Bonchev–Trinajstić information content (AvgIpc) is 1.82. The number of nitrogens with two attached hydrogens (primary N) is 2. The molecule has 1 atom stereocenters. The SMILES string of the molecule is NCCC[C@H](N)C(=O)O.[Sn]. The molecular formula is C5H12N2O2Sn. The molecule has 0 aromatic rings. The average molecular weight is 251 g/mol. The van der Waals surface area contributed by atoms with Crippen LogP contribution in [0.3, 0.4) is 0 Å². The summed E-state index contributed by atoms with van der Waals surface area (Å²) in [5.41, 5.74) is 10.3. The van der Waals surface area contributed by atoms with Crippen LogP contribution in [-0.2, 0) is 4.79 Å². The predicted molar refractivity (Wildman–Crippen MR) is 39.7 cm³/mol. The molecule has 0 unspecified atom stereocenters. The molecule has 0 bridgehead atoms. The van der Waals surface area contributed by atoms with Crippen LogP contribution in [0.25, 0.3) is 0 Å². The molecule has 0 saturated heterocycles. The van der Waals surface area contributed by atoms with E-state index in [1.807, 2.05) is 0 Å². The molecule has 0 amide bonds. The number of hydrogen-bond donors (Lipinski definition) is 3. The van der Waals surface area contributed by atoms with Gasteiger partial charge in [-0.25, -0.2) is 0 Å². The van der Waals surface area contributed by atoms with E-state index in [0.29, 0.717) is 19.4 Å². The van der Waals surface area contributed by atoms with Crippen molar-refractivity contribution in [2.45, 2.75) is 18.9 Å². The Kier molecular flexibility index (Phi) is 9.36. The van der Waals surface area contributed by atoms with Crippen LogP contribution in [0.1, 0.15) is 12.8 Å². The van der Waals surface area contributed by atoms with Crippen LogP contribution < -0.4 is 11.5 Å². The number of aliphatic carboxylic acids is 1. The fourth-order valence-corrected chi connectivity index (χ4v) is 0.461. The summed E-state index contributed by atoms with van der Waals surface area (Å²) in [4.78, 5) is 10.0. The fourth-order valence-electron chi connectivity index (χ4n) is 0.461. The van der Waals surface area contributed by atoms with Crippen molar-refractivity contribution in [2.75, 3.05) is 6.54 Å². The van der Waals surface area contributed by atoms with E-state index in [1.165, 1.54) is 0 Å². The smallest absolute Gasteiger partial charge is 0.320 e. The van der Waals surface area contributed by atoms with E-state index in [9.17, 15) is 4.79 Å². The minimum Gasteiger partial charge on any atom is -0.480 e. The topological polar surface area (TPSA) is 89.3 Å². The second-order valence-corrected chi connectivity index (χ2v) is 1.88. The summed E-state index contributed by atoms with van der Waals surface area (Å²) in [7, 11) is 0. The Bertz CT molecular complexity index is 99.6. The Hall–Kier alpha value is 0.189. The van der Waals surface area contributed by atoms with Gasteiger partial charge in [-0.15, -0.1) is 0 Å². The van der Waals surface area contributed by atoms with Crippen LogP contribution in [-0.4, -0.2) is 47.6 Å². The Morgan fingerprint density at radius 2 is 2.10 bits per heavy atom. The summed E-state index contributed by atoms with van der Waals surface area (Å²) in [5, 5.41) is 8.24. The quantitative estimate of drug-likeness (QED) is 0.545. The minimum atomic E-state index is -0.955. The monoisotopic (exact) mass is 252 g/mol. The van der Waals surface area contributed by atoms with Gasteiger partial charge >= 0.3 is 5.97 Å². The van der Waals surface area contributed by atoms with Gasteiger partial charge in [-0.05, 0) is 19.4 Å². The van der Waals surface area contributed by atoms with Crippen molar-refractivity contribution in [3.05, 3.63) is 0 Å². The maximum Gasteiger partial charge on any atom is 0.320 e. The molecule has 58 valence electrons. The molecule has 0 fully saturated rings. The molecule has 0 heterocycles. The van der Waals surface area contributed by atoms with Crippen molar-refractivity contribution in [2.24, 2.45) is 11.5 Å². The Balaban J connectivity index is 0. The molecule has 5 heteroatoms. The molecule has 5 N–H and O–H groups in total. The third-order valence-electron chi connectivity index (χ3n) is 1.04. The van der Waals surface area contributed by atoms with E-state index in [0.717, 1.165) is 0 Å². The first-order chi connectivity index (χ1) is 4.18. The Morgan fingerprint density at radius 3 is 2.40 bits per heavy atom. The Labute approximate surface area is 76.9 Å². The van der Waals surface area contributed by atoms with E-state index in [-0.39, 0.29) is 23.9 Å². The summed E-state index contributed by atoms with van der Waals surface area (Å²) in [6, 6.07) is -0.742. The van der Waals surface area contributed by atoms with Gasteiger partial charge in [-0.1, -0.05) is 0 Å². The fraction of sp³-hybridized carbons (Fsp3) is 0.800. The molecule has 4 nitrogen and oxygen atoms in total. The van der Waals surface area contributed by atoms with E-state index in [4.69, 9.17) is 16.6 Å². The zero-order chi connectivity index (χ0) is 7.28. The second-order valence-electron chi connectivity index (χ2n) is 1.88. The van der Waals surface area contributed by atoms with E-state index in [1.54, 1.807) is 0 Å². The Morgan fingerprint density at radius 1 is 1.60 bits per heavy atom. The molecule has 0 aromatic heterocycles. The van der Waals surface area contributed by atoms with Crippen LogP contribution in [0.4, 0.5) is 0 Å². The van der Waals surface area contributed by atoms with Gasteiger partial charge in [0.2, 0.25) is 0 Å². The molecule has 0 aliphatic rings. The number of carboxylic acids is 1. The van der Waals surface area contributed by atoms with Crippen LogP contribution in [0.5, 0.6) is 0 Å². The molecule has 0 saturated carbocycles. The molecule has 0 spiro atoms. The molecule has 0 aliphatic heterocycles. The van der Waals surface area contributed by atoms with Crippen molar-refractivity contribution in [3.63, 3.8) is 0 Å². The van der Waals surface area contributed by atoms with E-state index < -0.39 is 12.0 Å². The summed E-state index contributed by atoms with van der Waals surface area (Å²) in [6.45, 7) is 0.501. The van der Waals surface area contributed by atoms with Crippen LogP contribution in [0, 0.1) is 0 Å². The maximum absolute atomic E-state index is 10.0. The largest absolute Gasteiger partial charge is 0.480 e. The zero-order valence-corrected chi connectivity index (χ0v) is 8.56. The molecular weight excluding hydrogens is 239 g/mol. The van der Waals surface area contributed by atoms with Crippen molar-refractivity contribution in [1.82, 2.24) is 0 Å².